The Hall–Kier alpha value is -2.82. The molecule has 0 fully saturated rings. The molecule has 0 aliphatic carbocycles. The Bertz CT molecular complexity index is 802. The lowest BCUT2D eigenvalue weighted by Crippen LogP contribution is -2.45. The van der Waals surface area contributed by atoms with E-state index in [1.807, 2.05) is 56.3 Å². The fourth-order valence-electron chi connectivity index (χ4n) is 3.19. The lowest BCUT2D eigenvalue weighted by Gasteiger charge is -2.26. The van der Waals surface area contributed by atoms with Crippen molar-refractivity contribution in [1.29, 1.82) is 0 Å². The summed E-state index contributed by atoms with van der Waals surface area (Å²) in [5.74, 6) is 0. The van der Waals surface area contributed by atoms with Crippen LogP contribution in [0.4, 0.5) is 4.79 Å². The maximum Gasteiger partial charge on any atom is 0.318 e. The van der Waals surface area contributed by atoms with Crippen molar-refractivity contribution in [2.45, 2.75) is 45.9 Å². The van der Waals surface area contributed by atoms with E-state index in [1.54, 1.807) is 4.90 Å². The molecule has 5 heteroatoms. The van der Waals surface area contributed by atoms with Crippen LogP contribution in [0.15, 0.2) is 59.8 Å². The van der Waals surface area contributed by atoms with Crippen molar-refractivity contribution in [3.8, 4) is 0 Å². The van der Waals surface area contributed by atoms with E-state index in [1.165, 1.54) is 5.56 Å². The Balaban J connectivity index is 1.67. The number of carbonyl (C=O) groups is 1. The van der Waals surface area contributed by atoms with E-state index < -0.39 is 0 Å². The van der Waals surface area contributed by atoms with E-state index >= 15 is 0 Å². The first kappa shape index (κ1) is 19.0. The number of amides is 2. The zero-order chi connectivity index (χ0) is 19.2. The van der Waals surface area contributed by atoms with E-state index in [4.69, 9.17) is 4.84 Å². The van der Waals surface area contributed by atoms with Gasteiger partial charge in [-0.3, -0.25) is 0 Å². The molecule has 0 spiro atoms. The number of nitrogens with zero attached hydrogens (tertiary/aromatic N) is 2. The third-order valence-electron chi connectivity index (χ3n) is 4.53. The molecule has 1 heterocycles. The molecule has 2 amide bonds. The Labute approximate surface area is 161 Å². The van der Waals surface area contributed by atoms with Gasteiger partial charge in [0.2, 0.25) is 0 Å². The molecule has 0 saturated carbocycles. The standard InChI is InChI=1S/C22H27N3O2/c1-16(2)23-22(26)25(14-18-10-5-4-6-11-18)15-19-13-21(24-27-19)20-12-8-7-9-17(20)3/h4-12,16,19H,13-15H2,1-3H3,(H,23,26). The molecule has 0 saturated heterocycles. The van der Waals surface area contributed by atoms with Crippen LogP contribution >= 0.6 is 0 Å². The van der Waals surface area contributed by atoms with Crippen molar-refractivity contribution in [1.82, 2.24) is 10.2 Å². The predicted octanol–water partition coefficient (Wildman–Crippen LogP) is 4.11. The summed E-state index contributed by atoms with van der Waals surface area (Å²) in [4.78, 5) is 20.1. The van der Waals surface area contributed by atoms with Gasteiger partial charge in [-0.15, -0.1) is 0 Å². The lowest BCUT2D eigenvalue weighted by molar-refractivity contribution is 0.0586. The van der Waals surface area contributed by atoms with Crippen LogP contribution in [0.25, 0.3) is 0 Å². The van der Waals surface area contributed by atoms with E-state index in [0.717, 1.165) is 16.8 Å². The van der Waals surface area contributed by atoms with Crippen LogP contribution in [0.3, 0.4) is 0 Å². The fraction of sp³-hybridized carbons (Fsp3) is 0.364. The molecule has 0 bridgehead atoms. The summed E-state index contributed by atoms with van der Waals surface area (Å²) in [6.45, 7) is 7.03. The van der Waals surface area contributed by atoms with Gasteiger partial charge < -0.3 is 15.1 Å². The average Bonchev–Trinajstić information content (AvgIpc) is 3.10. The van der Waals surface area contributed by atoms with Gasteiger partial charge in [0.15, 0.2) is 6.10 Å². The quantitative estimate of drug-likeness (QED) is 0.838. The van der Waals surface area contributed by atoms with Crippen LogP contribution in [0, 0.1) is 6.92 Å². The van der Waals surface area contributed by atoms with Crippen LogP contribution < -0.4 is 5.32 Å². The molecule has 2 aromatic rings. The molecule has 1 aliphatic rings. The Morgan fingerprint density at radius 2 is 1.89 bits per heavy atom. The summed E-state index contributed by atoms with van der Waals surface area (Å²) in [7, 11) is 0. The molecule has 1 unspecified atom stereocenters. The highest BCUT2D eigenvalue weighted by atomic mass is 16.6. The van der Waals surface area contributed by atoms with Crippen LogP contribution in [0.5, 0.6) is 0 Å². The lowest BCUT2D eigenvalue weighted by atomic mass is 10.0. The Morgan fingerprint density at radius 1 is 1.19 bits per heavy atom. The molecular formula is C22H27N3O2. The van der Waals surface area contributed by atoms with Gasteiger partial charge in [-0.05, 0) is 31.9 Å². The highest BCUT2D eigenvalue weighted by Gasteiger charge is 2.27. The minimum atomic E-state index is -0.138. The molecule has 2 aromatic carbocycles. The average molecular weight is 365 g/mol. The molecule has 0 aromatic heterocycles. The van der Waals surface area contributed by atoms with Gasteiger partial charge in [0.25, 0.3) is 0 Å². The predicted molar refractivity (Wildman–Crippen MR) is 108 cm³/mol. The molecule has 27 heavy (non-hydrogen) atoms. The van der Waals surface area contributed by atoms with Crippen LogP contribution in [0.2, 0.25) is 0 Å². The second-order valence-electron chi connectivity index (χ2n) is 7.25. The first-order chi connectivity index (χ1) is 13.0. The molecule has 142 valence electrons. The van der Waals surface area contributed by atoms with Crippen molar-refractivity contribution in [3.05, 3.63) is 71.3 Å². The normalized spacial score (nSPS) is 16.0. The number of hydrogen-bond acceptors (Lipinski definition) is 3. The zero-order valence-electron chi connectivity index (χ0n) is 16.2. The van der Waals surface area contributed by atoms with Crippen LogP contribution in [-0.4, -0.2) is 35.3 Å². The fourth-order valence-corrected chi connectivity index (χ4v) is 3.19. The van der Waals surface area contributed by atoms with Crippen molar-refractivity contribution in [2.75, 3.05) is 6.54 Å². The van der Waals surface area contributed by atoms with E-state index in [2.05, 4.69) is 29.5 Å². The second-order valence-corrected chi connectivity index (χ2v) is 7.25. The van der Waals surface area contributed by atoms with Gasteiger partial charge in [-0.25, -0.2) is 4.79 Å². The second kappa shape index (κ2) is 8.71. The topological polar surface area (TPSA) is 53.9 Å². The summed E-state index contributed by atoms with van der Waals surface area (Å²) in [5, 5.41) is 7.27. The number of urea groups is 1. The Kier molecular flexibility index (Phi) is 6.12. The van der Waals surface area contributed by atoms with Gasteiger partial charge in [-0.1, -0.05) is 59.8 Å². The van der Waals surface area contributed by atoms with Gasteiger partial charge in [0.1, 0.15) is 0 Å². The van der Waals surface area contributed by atoms with E-state index in [9.17, 15) is 4.79 Å². The van der Waals surface area contributed by atoms with Crippen molar-refractivity contribution >= 4 is 11.7 Å². The van der Waals surface area contributed by atoms with Crippen LogP contribution in [-0.2, 0) is 11.4 Å². The monoisotopic (exact) mass is 365 g/mol. The van der Waals surface area contributed by atoms with E-state index in [0.29, 0.717) is 19.5 Å². The number of oxime groups is 1. The number of aryl methyl sites for hydroxylation is 1. The number of nitrogens with one attached hydrogen (secondary N) is 1. The number of rotatable bonds is 6. The van der Waals surface area contributed by atoms with Gasteiger partial charge in [-0.2, -0.15) is 0 Å². The van der Waals surface area contributed by atoms with Gasteiger partial charge in [0, 0.05) is 24.6 Å². The maximum atomic E-state index is 12.7. The first-order valence-corrected chi connectivity index (χ1v) is 9.41. The summed E-state index contributed by atoms with van der Waals surface area (Å²) >= 11 is 0. The summed E-state index contributed by atoms with van der Waals surface area (Å²) < 4.78 is 0. The number of hydrogen-bond donors (Lipinski definition) is 1. The highest BCUT2D eigenvalue weighted by molar-refractivity contribution is 6.02. The number of carbonyl (C=O) groups excluding carboxylic acids is 1. The van der Waals surface area contributed by atoms with Gasteiger partial charge >= 0.3 is 6.03 Å². The first-order valence-electron chi connectivity index (χ1n) is 9.41. The summed E-state index contributed by atoms with van der Waals surface area (Å²) in [6.07, 6.45) is 0.562. The SMILES string of the molecule is Cc1ccccc1C1=NOC(CN(Cc2ccccc2)C(=O)NC(C)C)C1. The minimum Gasteiger partial charge on any atom is -0.390 e. The molecule has 1 N–H and O–H groups in total. The minimum absolute atomic E-state index is 0.0817. The molecule has 0 radical (unpaired) electrons. The van der Waals surface area contributed by atoms with Crippen molar-refractivity contribution in [3.63, 3.8) is 0 Å². The highest BCUT2D eigenvalue weighted by Crippen LogP contribution is 2.20. The third kappa shape index (κ3) is 5.09. The zero-order valence-corrected chi connectivity index (χ0v) is 16.2. The van der Waals surface area contributed by atoms with Crippen molar-refractivity contribution in [2.24, 2.45) is 5.16 Å². The molecular weight excluding hydrogens is 338 g/mol. The molecule has 1 atom stereocenters. The number of benzene rings is 2. The van der Waals surface area contributed by atoms with Crippen molar-refractivity contribution < 1.29 is 9.63 Å². The largest absolute Gasteiger partial charge is 0.390 e. The molecule has 1 aliphatic heterocycles. The third-order valence-corrected chi connectivity index (χ3v) is 4.53. The summed E-state index contributed by atoms with van der Waals surface area (Å²) in [5.41, 5.74) is 4.33. The smallest absolute Gasteiger partial charge is 0.318 e. The Morgan fingerprint density at radius 3 is 2.59 bits per heavy atom. The summed E-state index contributed by atoms with van der Waals surface area (Å²) in [6, 6.07) is 18.2. The van der Waals surface area contributed by atoms with E-state index in [-0.39, 0.29) is 18.2 Å². The molecule has 5 nitrogen and oxygen atoms in total. The maximum absolute atomic E-state index is 12.7. The van der Waals surface area contributed by atoms with Crippen LogP contribution in [0.1, 0.15) is 37.0 Å². The molecule has 3 rings (SSSR count). The van der Waals surface area contributed by atoms with Gasteiger partial charge in [0.05, 0.1) is 12.3 Å².